The van der Waals surface area contributed by atoms with Crippen molar-refractivity contribution in [3.8, 4) is 0 Å². The minimum absolute atomic E-state index is 0.0463. The molecule has 1 aromatic carbocycles. The number of carbonyl (C=O) groups excluding carboxylic acids is 2. The van der Waals surface area contributed by atoms with Crippen LogP contribution in [-0.2, 0) is 16.1 Å². The van der Waals surface area contributed by atoms with Gasteiger partial charge in [-0.05, 0) is 37.1 Å². The number of allylic oxidation sites excluding steroid dienone is 2. The Labute approximate surface area is 124 Å². The molecule has 1 aliphatic heterocycles. The van der Waals surface area contributed by atoms with Gasteiger partial charge in [-0.15, -0.1) is 0 Å². The smallest absolute Gasteiger partial charge is 0.238 e. The van der Waals surface area contributed by atoms with Crippen molar-refractivity contribution in [1.82, 2.24) is 5.32 Å². The zero-order valence-corrected chi connectivity index (χ0v) is 12.2. The second kappa shape index (κ2) is 5.82. The van der Waals surface area contributed by atoms with Crippen LogP contribution in [0, 0.1) is 11.8 Å². The highest BCUT2D eigenvalue weighted by Gasteiger charge is 2.47. The van der Waals surface area contributed by atoms with Crippen LogP contribution in [0.3, 0.4) is 0 Å². The molecule has 1 fully saturated rings. The van der Waals surface area contributed by atoms with Gasteiger partial charge in [0.2, 0.25) is 11.8 Å². The lowest BCUT2D eigenvalue weighted by Gasteiger charge is -2.16. The summed E-state index contributed by atoms with van der Waals surface area (Å²) in [4.78, 5) is 26.4. The predicted molar refractivity (Wildman–Crippen MR) is 81.7 cm³/mol. The Balaban J connectivity index is 1.86. The van der Waals surface area contributed by atoms with Crippen LogP contribution in [0.2, 0.25) is 0 Å². The Kier molecular flexibility index (Phi) is 3.88. The topological polar surface area (TPSA) is 49.4 Å². The second-order valence-corrected chi connectivity index (χ2v) is 5.62. The molecule has 110 valence electrons. The van der Waals surface area contributed by atoms with Crippen LogP contribution in [-0.4, -0.2) is 18.4 Å². The number of carbonyl (C=O) groups is 2. The molecule has 4 heteroatoms. The average Bonchev–Trinajstić information content (AvgIpc) is 2.78. The molecule has 2 atom stereocenters. The van der Waals surface area contributed by atoms with Crippen LogP contribution in [0.15, 0.2) is 36.4 Å². The molecule has 4 nitrogen and oxygen atoms in total. The zero-order valence-electron chi connectivity index (χ0n) is 12.2. The molecule has 3 rings (SSSR count). The molecule has 1 heterocycles. The predicted octanol–water partition coefficient (Wildman–Crippen LogP) is 2.25. The number of rotatable bonds is 4. The van der Waals surface area contributed by atoms with Crippen molar-refractivity contribution in [2.45, 2.75) is 26.3 Å². The maximum absolute atomic E-state index is 12.5. The average molecular weight is 284 g/mol. The van der Waals surface area contributed by atoms with Gasteiger partial charge < -0.3 is 5.32 Å². The fourth-order valence-electron chi connectivity index (χ4n) is 3.13. The first-order valence-corrected chi connectivity index (χ1v) is 7.55. The van der Waals surface area contributed by atoms with E-state index in [1.165, 1.54) is 4.90 Å². The summed E-state index contributed by atoms with van der Waals surface area (Å²) < 4.78 is 0. The number of fused-ring (bicyclic) bond motifs is 1. The normalized spacial score (nSPS) is 24.5. The summed E-state index contributed by atoms with van der Waals surface area (Å²) in [6.45, 7) is 3.69. The molecule has 1 aliphatic carbocycles. The molecular weight excluding hydrogens is 264 g/mol. The van der Waals surface area contributed by atoms with E-state index in [0.29, 0.717) is 18.5 Å². The summed E-state index contributed by atoms with van der Waals surface area (Å²) in [5.74, 6) is -0.426. The van der Waals surface area contributed by atoms with Gasteiger partial charge in [0.05, 0.1) is 17.5 Å². The summed E-state index contributed by atoms with van der Waals surface area (Å²) in [5, 5.41) is 3.26. The van der Waals surface area contributed by atoms with Gasteiger partial charge in [0, 0.05) is 6.54 Å². The third kappa shape index (κ3) is 2.51. The van der Waals surface area contributed by atoms with E-state index < -0.39 is 0 Å². The lowest BCUT2D eigenvalue weighted by molar-refractivity contribution is -0.122. The summed E-state index contributed by atoms with van der Waals surface area (Å²) in [7, 11) is 0. The maximum atomic E-state index is 12.5. The molecule has 1 N–H and O–H groups in total. The molecule has 2 aliphatic rings. The number of amides is 2. The highest BCUT2D eigenvalue weighted by molar-refractivity contribution is 6.22. The largest absolute Gasteiger partial charge is 0.313 e. The molecule has 0 bridgehead atoms. The van der Waals surface area contributed by atoms with Crippen LogP contribution >= 0.6 is 0 Å². The number of imide groups is 1. The molecule has 1 aromatic rings. The number of hydrogen-bond donors (Lipinski definition) is 1. The SMILES string of the molecule is CCNCc1cccc(N2C(=O)C3CC=CCC3C2=O)c1. The molecule has 0 saturated carbocycles. The number of nitrogens with one attached hydrogen (secondary N) is 1. The Morgan fingerprint density at radius 1 is 1.14 bits per heavy atom. The van der Waals surface area contributed by atoms with Crippen molar-refractivity contribution in [1.29, 1.82) is 0 Å². The zero-order chi connectivity index (χ0) is 14.8. The van der Waals surface area contributed by atoms with Gasteiger partial charge in [-0.2, -0.15) is 0 Å². The van der Waals surface area contributed by atoms with E-state index in [9.17, 15) is 9.59 Å². The van der Waals surface area contributed by atoms with Crippen molar-refractivity contribution in [3.05, 3.63) is 42.0 Å². The van der Waals surface area contributed by atoms with Gasteiger partial charge in [0.15, 0.2) is 0 Å². The Morgan fingerprint density at radius 2 is 1.81 bits per heavy atom. The second-order valence-electron chi connectivity index (χ2n) is 5.62. The third-order valence-electron chi connectivity index (χ3n) is 4.26. The first kappa shape index (κ1) is 14.0. The molecule has 2 amide bonds. The summed E-state index contributed by atoms with van der Waals surface area (Å²) in [6, 6.07) is 7.69. The van der Waals surface area contributed by atoms with Gasteiger partial charge >= 0.3 is 0 Å². The van der Waals surface area contributed by atoms with Crippen LogP contribution in [0.25, 0.3) is 0 Å². The summed E-state index contributed by atoms with van der Waals surface area (Å²) >= 11 is 0. The number of hydrogen-bond acceptors (Lipinski definition) is 3. The van der Waals surface area contributed by atoms with E-state index in [-0.39, 0.29) is 23.7 Å². The van der Waals surface area contributed by atoms with E-state index in [1.54, 1.807) is 0 Å². The van der Waals surface area contributed by atoms with E-state index in [1.807, 2.05) is 36.4 Å². The monoisotopic (exact) mass is 284 g/mol. The molecule has 0 aromatic heterocycles. The van der Waals surface area contributed by atoms with Crippen molar-refractivity contribution in [2.75, 3.05) is 11.4 Å². The van der Waals surface area contributed by atoms with Crippen molar-refractivity contribution in [3.63, 3.8) is 0 Å². The Bertz CT molecular complexity index is 568. The maximum Gasteiger partial charge on any atom is 0.238 e. The van der Waals surface area contributed by atoms with Crippen molar-refractivity contribution in [2.24, 2.45) is 11.8 Å². The molecule has 2 unspecified atom stereocenters. The van der Waals surface area contributed by atoms with Gasteiger partial charge in [-0.3, -0.25) is 14.5 Å². The van der Waals surface area contributed by atoms with Crippen LogP contribution in [0.4, 0.5) is 5.69 Å². The molecule has 0 radical (unpaired) electrons. The van der Waals surface area contributed by atoms with Crippen LogP contribution in [0.5, 0.6) is 0 Å². The lowest BCUT2D eigenvalue weighted by atomic mass is 9.85. The van der Waals surface area contributed by atoms with Crippen molar-refractivity contribution < 1.29 is 9.59 Å². The summed E-state index contributed by atoms with van der Waals surface area (Å²) in [5.41, 5.74) is 1.79. The standard InChI is InChI=1S/C17H20N2O2/c1-2-18-11-12-6-5-7-13(10-12)19-16(20)14-8-3-4-9-15(14)17(19)21/h3-7,10,14-15,18H,2,8-9,11H2,1H3. The van der Waals surface area contributed by atoms with Gasteiger partial charge in [-0.25, -0.2) is 0 Å². The van der Waals surface area contributed by atoms with E-state index in [0.717, 1.165) is 18.7 Å². The number of anilines is 1. The first-order chi connectivity index (χ1) is 10.2. The highest BCUT2D eigenvalue weighted by atomic mass is 16.2. The fraction of sp³-hybridized carbons (Fsp3) is 0.412. The lowest BCUT2D eigenvalue weighted by Crippen LogP contribution is -2.31. The third-order valence-corrected chi connectivity index (χ3v) is 4.26. The first-order valence-electron chi connectivity index (χ1n) is 7.55. The van der Waals surface area contributed by atoms with Gasteiger partial charge in [0.1, 0.15) is 0 Å². The summed E-state index contributed by atoms with van der Waals surface area (Å²) in [6.07, 6.45) is 5.39. The van der Waals surface area contributed by atoms with E-state index in [2.05, 4.69) is 12.2 Å². The Hall–Kier alpha value is -1.94. The van der Waals surface area contributed by atoms with Crippen LogP contribution < -0.4 is 10.2 Å². The van der Waals surface area contributed by atoms with E-state index in [4.69, 9.17) is 0 Å². The number of nitrogens with zero attached hydrogens (tertiary/aromatic N) is 1. The number of benzene rings is 1. The molecule has 0 spiro atoms. The van der Waals surface area contributed by atoms with Crippen LogP contribution in [0.1, 0.15) is 25.3 Å². The van der Waals surface area contributed by atoms with E-state index >= 15 is 0 Å². The van der Waals surface area contributed by atoms with Gasteiger partial charge in [0.25, 0.3) is 0 Å². The quantitative estimate of drug-likeness (QED) is 0.681. The highest BCUT2D eigenvalue weighted by Crippen LogP contribution is 2.37. The van der Waals surface area contributed by atoms with Gasteiger partial charge in [-0.1, -0.05) is 31.2 Å². The minimum Gasteiger partial charge on any atom is -0.313 e. The molecule has 21 heavy (non-hydrogen) atoms. The minimum atomic E-state index is -0.167. The molecule has 1 saturated heterocycles. The molecular formula is C17H20N2O2. The Morgan fingerprint density at radius 3 is 2.43 bits per heavy atom. The van der Waals surface area contributed by atoms with Crippen molar-refractivity contribution >= 4 is 17.5 Å². The fourth-order valence-corrected chi connectivity index (χ4v) is 3.13.